The number of nitrogens with one attached hydrogen (secondary N) is 1. The van der Waals surface area contributed by atoms with Crippen LogP contribution in [0.15, 0.2) is 72.9 Å². The molecular formula is C69H121NO18. The smallest absolute Gasteiger partial charge is 0.224 e. The molecule has 0 bridgehead atoms. The molecule has 3 aliphatic rings. The van der Waals surface area contributed by atoms with Gasteiger partial charge in [0.15, 0.2) is 18.9 Å². The van der Waals surface area contributed by atoms with Crippen molar-refractivity contribution in [3.8, 4) is 0 Å². The molecule has 3 fully saturated rings. The van der Waals surface area contributed by atoms with Gasteiger partial charge in [-0.3, -0.25) is 4.79 Å². The van der Waals surface area contributed by atoms with Gasteiger partial charge in [0.25, 0.3) is 0 Å². The largest absolute Gasteiger partial charge is 0.394 e. The van der Waals surface area contributed by atoms with Crippen LogP contribution in [0.25, 0.3) is 0 Å². The van der Waals surface area contributed by atoms with Gasteiger partial charge >= 0.3 is 0 Å². The third kappa shape index (κ3) is 32.7. The molecule has 0 radical (unpaired) electrons. The minimum Gasteiger partial charge on any atom is -0.394 e. The van der Waals surface area contributed by atoms with Crippen LogP contribution < -0.4 is 5.32 Å². The van der Waals surface area contributed by atoms with Crippen molar-refractivity contribution in [2.45, 2.75) is 330 Å². The molecule has 3 aliphatic heterocycles. The molecule has 0 aliphatic carbocycles. The van der Waals surface area contributed by atoms with E-state index in [1.54, 1.807) is 12.2 Å². The molecule has 17 unspecified atom stereocenters. The molecule has 17 atom stereocenters. The summed E-state index contributed by atoms with van der Waals surface area (Å²) in [5, 5.41) is 120. The van der Waals surface area contributed by atoms with Crippen LogP contribution >= 0.6 is 0 Å². The van der Waals surface area contributed by atoms with Crippen LogP contribution in [0.5, 0.6) is 0 Å². The maximum atomic E-state index is 13.3. The summed E-state index contributed by atoms with van der Waals surface area (Å²) in [7, 11) is 0. The highest BCUT2D eigenvalue weighted by Gasteiger charge is 2.53. The Hall–Kier alpha value is -2.77. The average Bonchev–Trinajstić information content (AvgIpc) is 3.59. The number of ether oxygens (including phenoxy) is 6. The highest BCUT2D eigenvalue weighted by atomic mass is 16.8. The third-order valence-electron chi connectivity index (χ3n) is 16.8. The van der Waals surface area contributed by atoms with E-state index in [1.807, 2.05) is 18.2 Å². The van der Waals surface area contributed by atoms with E-state index in [2.05, 4.69) is 61.7 Å². The minimum atomic E-state index is -1.99. The molecule has 19 nitrogen and oxygen atoms in total. The molecule has 0 spiro atoms. The predicted octanol–water partition coefficient (Wildman–Crippen LogP) is 8.55. The first-order chi connectivity index (χ1) is 42.8. The molecule has 88 heavy (non-hydrogen) atoms. The zero-order valence-corrected chi connectivity index (χ0v) is 53.7. The highest BCUT2D eigenvalue weighted by molar-refractivity contribution is 5.77. The normalized spacial score (nSPS) is 28.9. The molecule has 0 aromatic heterocycles. The van der Waals surface area contributed by atoms with Crippen LogP contribution in [0.3, 0.4) is 0 Å². The molecule has 0 aromatic rings. The Labute approximate surface area is 528 Å². The van der Waals surface area contributed by atoms with Crippen LogP contribution in [0.4, 0.5) is 0 Å². The van der Waals surface area contributed by atoms with Crippen molar-refractivity contribution in [2.24, 2.45) is 0 Å². The van der Waals surface area contributed by atoms with Crippen molar-refractivity contribution in [3.63, 3.8) is 0 Å². The average molecular weight is 1250 g/mol. The standard InChI is InChI=1S/C69H121NO18/c1-3-5-7-9-11-13-15-17-19-20-21-22-23-24-25-26-27-28-29-30-31-33-34-36-38-40-42-44-46-53(74)52(70-57(75)47-45-43-41-39-37-35-32-18-16-14-12-10-8-6-4-2)51-83-67-63(81)60(78)65(55(49-72)85-67)88-69-64(82)61(79)66(56(50-73)86-69)87-68-62(80)59(77)58(76)54(48-71)84-68/h6,8,12,14,18,32,37,39,43-46,52-56,58-69,71-74,76-82H,3-5,7,9-11,13,15-17,19-31,33-36,38,40-42,47-51H2,1-2H3,(H,70,75)/b8-6-,14-12-,32-18-,39-37-,45-43-,46-44+. The van der Waals surface area contributed by atoms with E-state index in [0.717, 1.165) is 51.4 Å². The van der Waals surface area contributed by atoms with Gasteiger partial charge in [-0.05, 0) is 44.9 Å². The van der Waals surface area contributed by atoms with Crippen molar-refractivity contribution in [3.05, 3.63) is 72.9 Å². The summed E-state index contributed by atoms with van der Waals surface area (Å²) in [6.07, 6.45) is 36.4. The Bertz CT molecular complexity index is 1880. The molecule has 19 heteroatoms. The van der Waals surface area contributed by atoms with Gasteiger partial charge in [0.2, 0.25) is 5.91 Å². The van der Waals surface area contributed by atoms with Gasteiger partial charge in [-0.1, -0.05) is 247 Å². The van der Waals surface area contributed by atoms with Gasteiger partial charge in [0, 0.05) is 6.42 Å². The summed E-state index contributed by atoms with van der Waals surface area (Å²) in [4.78, 5) is 13.3. The van der Waals surface area contributed by atoms with Crippen LogP contribution in [0, 0.1) is 0 Å². The lowest BCUT2D eigenvalue weighted by Gasteiger charge is -2.48. The molecule has 0 saturated carbocycles. The molecule has 3 saturated heterocycles. The summed E-state index contributed by atoms with van der Waals surface area (Å²) in [6.45, 7) is 1.55. The van der Waals surface area contributed by atoms with Crippen molar-refractivity contribution in [2.75, 3.05) is 26.4 Å². The maximum Gasteiger partial charge on any atom is 0.224 e. The van der Waals surface area contributed by atoms with Crippen molar-refractivity contribution in [1.29, 1.82) is 0 Å². The second-order valence-electron chi connectivity index (χ2n) is 24.3. The van der Waals surface area contributed by atoms with E-state index in [-0.39, 0.29) is 6.42 Å². The number of allylic oxidation sites excluding steroid dienone is 10. The first kappa shape index (κ1) is 79.5. The fourth-order valence-corrected chi connectivity index (χ4v) is 11.3. The van der Waals surface area contributed by atoms with Crippen molar-refractivity contribution >= 4 is 5.91 Å². The van der Waals surface area contributed by atoms with Crippen LogP contribution in [0.1, 0.15) is 226 Å². The number of aliphatic hydroxyl groups excluding tert-OH is 11. The molecular weight excluding hydrogens is 1130 g/mol. The SMILES string of the molecule is CC/C=C\C/C=C\C/C=C\C/C=C\C/C=C\CC(=O)NC(COC1OC(CO)C(OC2OC(CO)C(OC3OC(CO)C(O)C(O)C3O)C(O)C2O)C(O)C1O)C(O)/C=C/CCCCCCCCCCCCCCCCCCCCCCCCCCCC. The first-order valence-electron chi connectivity index (χ1n) is 34.2. The number of hydrogen-bond acceptors (Lipinski definition) is 18. The monoisotopic (exact) mass is 1250 g/mol. The topological polar surface area (TPSA) is 307 Å². The Morgan fingerprint density at radius 1 is 0.420 bits per heavy atom. The summed E-state index contributed by atoms with van der Waals surface area (Å²) in [5.74, 6) is -0.403. The Morgan fingerprint density at radius 3 is 1.18 bits per heavy atom. The number of carbonyl (C=O) groups excluding carboxylic acids is 1. The molecule has 3 rings (SSSR count). The van der Waals surface area contributed by atoms with Crippen LogP contribution in [0.2, 0.25) is 0 Å². The second-order valence-corrected chi connectivity index (χ2v) is 24.3. The second kappa shape index (κ2) is 50.7. The molecule has 0 aromatic carbocycles. The van der Waals surface area contributed by atoms with E-state index in [4.69, 9.17) is 28.4 Å². The quantitative estimate of drug-likeness (QED) is 0.0200. The number of hydrogen-bond donors (Lipinski definition) is 12. The Kier molecular flexibility index (Phi) is 45.8. The van der Waals surface area contributed by atoms with Gasteiger partial charge in [0.05, 0.1) is 38.6 Å². The molecule has 3 heterocycles. The Morgan fingerprint density at radius 2 is 0.773 bits per heavy atom. The summed E-state index contributed by atoms with van der Waals surface area (Å²) >= 11 is 0. The van der Waals surface area contributed by atoms with E-state index in [1.165, 1.54) is 148 Å². The molecule has 12 N–H and O–H groups in total. The molecule has 510 valence electrons. The highest BCUT2D eigenvalue weighted by Crippen LogP contribution is 2.33. The van der Waals surface area contributed by atoms with E-state index >= 15 is 0 Å². The third-order valence-corrected chi connectivity index (χ3v) is 16.8. The van der Waals surface area contributed by atoms with Gasteiger partial charge in [-0.25, -0.2) is 0 Å². The summed E-state index contributed by atoms with van der Waals surface area (Å²) in [6, 6.07) is -1.03. The fraction of sp³-hybridized carbons (Fsp3) is 0.812. The first-order valence-corrected chi connectivity index (χ1v) is 34.2. The summed E-state index contributed by atoms with van der Waals surface area (Å²) < 4.78 is 34.2. The van der Waals surface area contributed by atoms with E-state index < -0.39 is 137 Å². The molecule has 1 amide bonds. The number of unbranched alkanes of at least 4 members (excludes halogenated alkanes) is 26. The lowest BCUT2D eigenvalue weighted by molar-refractivity contribution is -0.379. The van der Waals surface area contributed by atoms with Crippen LogP contribution in [-0.2, 0) is 33.2 Å². The fourth-order valence-electron chi connectivity index (χ4n) is 11.3. The van der Waals surface area contributed by atoms with Gasteiger partial charge in [0.1, 0.15) is 73.2 Å². The number of amides is 1. The lowest BCUT2D eigenvalue weighted by atomic mass is 9.96. The number of rotatable bonds is 51. The van der Waals surface area contributed by atoms with E-state index in [0.29, 0.717) is 6.42 Å². The van der Waals surface area contributed by atoms with Gasteiger partial charge < -0.3 is 89.9 Å². The summed E-state index contributed by atoms with van der Waals surface area (Å²) in [5.41, 5.74) is 0. The zero-order valence-electron chi connectivity index (χ0n) is 53.7. The predicted molar refractivity (Wildman–Crippen MR) is 341 cm³/mol. The van der Waals surface area contributed by atoms with Crippen LogP contribution in [-0.4, -0.2) is 193 Å². The number of carbonyl (C=O) groups is 1. The zero-order chi connectivity index (χ0) is 64.0. The number of aliphatic hydroxyl groups is 11. The Balaban J connectivity index is 1.44. The maximum absolute atomic E-state index is 13.3. The lowest BCUT2D eigenvalue weighted by Crippen LogP contribution is -2.66. The van der Waals surface area contributed by atoms with E-state index in [9.17, 15) is 61.0 Å². The van der Waals surface area contributed by atoms with Gasteiger partial charge in [-0.2, -0.15) is 0 Å². The van der Waals surface area contributed by atoms with Crippen molar-refractivity contribution < 1.29 is 89.4 Å². The van der Waals surface area contributed by atoms with Gasteiger partial charge in [-0.15, -0.1) is 0 Å². The van der Waals surface area contributed by atoms with Crippen molar-refractivity contribution in [1.82, 2.24) is 5.32 Å². The minimum absolute atomic E-state index is 0.00840.